The molecule has 0 fully saturated rings. The van der Waals surface area contributed by atoms with Crippen LogP contribution in [0, 0.1) is 0 Å². The highest BCUT2D eigenvalue weighted by atomic mass is 16.4. The topological polar surface area (TPSA) is 263 Å². The van der Waals surface area contributed by atoms with E-state index in [0.29, 0.717) is 5.69 Å². The largest absolute Gasteiger partial charge is 0.480 e. The van der Waals surface area contributed by atoms with Crippen LogP contribution in [0.5, 0.6) is 0 Å². The molecule has 0 aliphatic rings. The molecule has 15 heteroatoms. The van der Waals surface area contributed by atoms with E-state index in [-0.39, 0.29) is 6.42 Å². The first-order valence-electron chi connectivity index (χ1n) is 8.95. The summed E-state index contributed by atoms with van der Waals surface area (Å²) in [4.78, 5) is 65.1. The van der Waals surface area contributed by atoms with Gasteiger partial charge in [-0.2, -0.15) is 0 Å². The van der Waals surface area contributed by atoms with Crippen molar-refractivity contribution in [3.05, 3.63) is 18.2 Å². The van der Waals surface area contributed by atoms with Crippen LogP contribution in [0.15, 0.2) is 12.5 Å². The number of aliphatic hydroxyl groups excluding tert-OH is 2. The summed E-state index contributed by atoms with van der Waals surface area (Å²) in [5.74, 6) is -5.25. The zero-order valence-corrected chi connectivity index (χ0v) is 16.3. The monoisotopic (exact) mass is 443 g/mol. The molecule has 0 bridgehead atoms. The Labute approximate surface area is 175 Å². The van der Waals surface area contributed by atoms with E-state index in [0.717, 1.165) is 0 Å². The van der Waals surface area contributed by atoms with E-state index in [4.69, 9.17) is 11.5 Å². The van der Waals surface area contributed by atoms with Crippen LogP contribution in [0.3, 0.4) is 0 Å². The third kappa shape index (κ3) is 8.37. The van der Waals surface area contributed by atoms with Gasteiger partial charge < -0.3 is 47.7 Å². The Kier molecular flexibility index (Phi) is 10.0. The molecule has 15 nitrogen and oxygen atoms in total. The number of aliphatic carboxylic acids is 1. The molecule has 0 spiro atoms. The maximum atomic E-state index is 12.3. The Morgan fingerprint density at radius 1 is 0.968 bits per heavy atom. The summed E-state index contributed by atoms with van der Waals surface area (Å²) in [6, 6.07) is -5.90. The zero-order chi connectivity index (χ0) is 23.6. The van der Waals surface area contributed by atoms with Crippen LogP contribution >= 0.6 is 0 Å². The van der Waals surface area contributed by atoms with Crippen LogP contribution in [-0.2, 0) is 30.4 Å². The molecule has 11 N–H and O–H groups in total. The van der Waals surface area contributed by atoms with Gasteiger partial charge in [-0.3, -0.25) is 19.2 Å². The van der Waals surface area contributed by atoms with Gasteiger partial charge in [-0.15, -0.1) is 0 Å². The summed E-state index contributed by atoms with van der Waals surface area (Å²) in [7, 11) is 0. The van der Waals surface area contributed by atoms with E-state index in [9.17, 15) is 39.3 Å². The number of H-pyrrole nitrogens is 1. The Bertz CT molecular complexity index is 785. The smallest absolute Gasteiger partial charge is 0.326 e. The van der Waals surface area contributed by atoms with Crippen molar-refractivity contribution in [2.45, 2.75) is 37.0 Å². The van der Waals surface area contributed by atoms with E-state index in [1.807, 2.05) is 0 Å². The predicted molar refractivity (Wildman–Crippen MR) is 102 cm³/mol. The van der Waals surface area contributed by atoms with Crippen LogP contribution in [0.4, 0.5) is 0 Å². The lowest BCUT2D eigenvalue weighted by molar-refractivity contribution is -0.142. The van der Waals surface area contributed by atoms with E-state index >= 15 is 0 Å². The van der Waals surface area contributed by atoms with Gasteiger partial charge >= 0.3 is 5.97 Å². The van der Waals surface area contributed by atoms with Gasteiger partial charge in [0.05, 0.1) is 32.0 Å². The Balaban J connectivity index is 2.73. The Hall–Kier alpha value is -3.56. The number of nitrogens with zero attached hydrogens (tertiary/aromatic N) is 1. The van der Waals surface area contributed by atoms with Gasteiger partial charge in [0.2, 0.25) is 23.6 Å². The number of imidazole rings is 1. The molecule has 1 heterocycles. The lowest BCUT2D eigenvalue weighted by Gasteiger charge is -2.23. The van der Waals surface area contributed by atoms with E-state index in [1.165, 1.54) is 12.5 Å². The number of carboxylic acid groups (broad SMARTS) is 1. The van der Waals surface area contributed by atoms with Gasteiger partial charge in [-0.1, -0.05) is 0 Å². The van der Waals surface area contributed by atoms with Crippen molar-refractivity contribution in [2.75, 3.05) is 13.2 Å². The molecule has 0 aliphatic heterocycles. The first kappa shape index (κ1) is 25.5. The van der Waals surface area contributed by atoms with Crippen molar-refractivity contribution in [3.8, 4) is 0 Å². The summed E-state index contributed by atoms with van der Waals surface area (Å²) in [6.45, 7) is -1.79. The lowest BCUT2D eigenvalue weighted by atomic mass is 10.1. The number of nitrogens with one attached hydrogen (secondary N) is 4. The molecule has 0 aliphatic carbocycles. The fourth-order valence-electron chi connectivity index (χ4n) is 2.34. The molecule has 0 aromatic carbocycles. The molecule has 1 rings (SSSR count). The SMILES string of the molecule is NC(=O)CC(N)C(=O)NC(CO)C(=O)NC(CO)C(=O)NC(Cc1cnc[nH]1)C(=O)O. The normalized spacial score (nSPS) is 14.5. The standard InChI is InChI=1S/C16H25N7O8/c17-8(2-12(18)26)13(27)22-10(4-24)15(29)23-11(5-25)14(28)21-9(16(30)31)1-7-3-19-6-20-7/h3,6,8-11,24-25H,1-2,4-5,17H2,(H2,18,26)(H,19,20)(H,21,28)(H,22,27)(H,23,29)(H,30,31). The molecule has 172 valence electrons. The van der Waals surface area contributed by atoms with Gasteiger partial charge in [-0.25, -0.2) is 9.78 Å². The first-order chi connectivity index (χ1) is 14.6. The molecule has 31 heavy (non-hydrogen) atoms. The lowest BCUT2D eigenvalue weighted by Crippen LogP contribution is -2.59. The number of aromatic amines is 1. The second-order valence-corrected chi connectivity index (χ2v) is 6.44. The summed E-state index contributed by atoms with van der Waals surface area (Å²) < 4.78 is 0. The van der Waals surface area contributed by atoms with Crippen LogP contribution in [0.1, 0.15) is 12.1 Å². The second kappa shape index (κ2) is 12.2. The first-order valence-corrected chi connectivity index (χ1v) is 8.95. The number of carboxylic acids is 1. The number of carbonyl (C=O) groups excluding carboxylic acids is 4. The number of rotatable bonds is 13. The summed E-state index contributed by atoms with van der Waals surface area (Å²) in [5, 5.41) is 34.4. The molecule has 4 amide bonds. The number of hydrogen-bond donors (Lipinski definition) is 9. The predicted octanol–water partition coefficient (Wildman–Crippen LogP) is -5.32. The summed E-state index contributed by atoms with van der Waals surface area (Å²) >= 11 is 0. The highest BCUT2D eigenvalue weighted by Crippen LogP contribution is 2.00. The van der Waals surface area contributed by atoms with E-state index in [1.54, 1.807) is 0 Å². The van der Waals surface area contributed by atoms with Crippen LogP contribution in [0.25, 0.3) is 0 Å². The van der Waals surface area contributed by atoms with Crippen LogP contribution in [-0.4, -0.2) is 92.3 Å². The van der Waals surface area contributed by atoms with Gasteiger partial charge in [0, 0.05) is 18.3 Å². The third-order valence-corrected chi connectivity index (χ3v) is 3.98. The minimum absolute atomic E-state index is 0.139. The van der Waals surface area contributed by atoms with Crippen molar-refractivity contribution in [1.29, 1.82) is 0 Å². The number of aromatic nitrogens is 2. The molecule has 1 aromatic heterocycles. The van der Waals surface area contributed by atoms with Crippen molar-refractivity contribution >= 4 is 29.6 Å². The quantitative estimate of drug-likeness (QED) is 0.140. The van der Waals surface area contributed by atoms with Gasteiger partial charge in [0.1, 0.15) is 18.1 Å². The number of primary amides is 1. The molecule has 0 saturated carbocycles. The maximum Gasteiger partial charge on any atom is 0.326 e. The molecule has 1 aromatic rings. The second-order valence-electron chi connectivity index (χ2n) is 6.44. The molecule has 0 radical (unpaired) electrons. The van der Waals surface area contributed by atoms with Crippen molar-refractivity contribution < 1.29 is 39.3 Å². The fourth-order valence-corrected chi connectivity index (χ4v) is 2.34. The Morgan fingerprint density at radius 2 is 1.48 bits per heavy atom. The Morgan fingerprint density at radius 3 is 1.90 bits per heavy atom. The minimum Gasteiger partial charge on any atom is -0.480 e. The molecule has 4 atom stereocenters. The minimum atomic E-state index is -1.58. The van der Waals surface area contributed by atoms with Crippen molar-refractivity contribution in [3.63, 3.8) is 0 Å². The summed E-state index contributed by atoms with van der Waals surface area (Å²) in [5.41, 5.74) is 10.8. The molecule has 4 unspecified atom stereocenters. The molecular weight excluding hydrogens is 418 g/mol. The average Bonchev–Trinajstić information content (AvgIpc) is 3.21. The highest BCUT2D eigenvalue weighted by Gasteiger charge is 2.30. The fraction of sp³-hybridized carbons (Fsp3) is 0.500. The number of aliphatic hydroxyl groups is 2. The molecule has 0 saturated heterocycles. The van der Waals surface area contributed by atoms with Gasteiger partial charge in [0.15, 0.2) is 0 Å². The number of carbonyl (C=O) groups is 5. The number of nitrogens with two attached hydrogens (primary N) is 2. The molecular formula is C16H25N7O8. The van der Waals surface area contributed by atoms with Crippen molar-refractivity contribution in [2.24, 2.45) is 11.5 Å². The number of hydrogen-bond acceptors (Lipinski definition) is 9. The van der Waals surface area contributed by atoms with Crippen LogP contribution < -0.4 is 27.4 Å². The maximum absolute atomic E-state index is 12.3. The van der Waals surface area contributed by atoms with Gasteiger partial charge in [0.25, 0.3) is 0 Å². The number of amides is 4. The van der Waals surface area contributed by atoms with Crippen LogP contribution in [0.2, 0.25) is 0 Å². The highest BCUT2D eigenvalue weighted by molar-refractivity contribution is 5.95. The summed E-state index contributed by atoms with van der Waals surface area (Å²) in [6.07, 6.45) is 2.05. The van der Waals surface area contributed by atoms with Gasteiger partial charge in [-0.05, 0) is 0 Å². The van der Waals surface area contributed by atoms with E-state index in [2.05, 4.69) is 25.9 Å². The van der Waals surface area contributed by atoms with E-state index < -0.39 is 73.4 Å². The zero-order valence-electron chi connectivity index (χ0n) is 16.3. The van der Waals surface area contributed by atoms with Crippen molar-refractivity contribution in [1.82, 2.24) is 25.9 Å². The third-order valence-electron chi connectivity index (χ3n) is 3.98. The average molecular weight is 443 g/mol.